The van der Waals surface area contributed by atoms with Gasteiger partial charge in [0.05, 0.1) is 0 Å². The number of hydrogen-bond acceptors (Lipinski definition) is 5. The van der Waals surface area contributed by atoms with Crippen LogP contribution in [0.5, 0.6) is 0 Å². The van der Waals surface area contributed by atoms with Gasteiger partial charge in [-0.2, -0.15) is 0 Å². The molecule has 1 aromatic heterocycles. The summed E-state index contributed by atoms with van der Waals surface area (Å²) in [6.07, 6.45) is 2.76. The maximum absolute atomic E-state index is 11.3. The molecule has 1 rings (SSSR count). The Bertz CT molecular complexity index is 451. The van der Waals surface area contributed by atoms with Crippen LogP contribution >= 0.6 is 0 Å². The normalized spacial score (nSPS) is 14.1. The molecule has 20 heavy (non-hydrogen) atoms. The van der Waals surface area contributed by atoms with Crippen molar-refractivity contribution < 1.29 is 4.21 Å². The summed E-state index contributed by atoms with van der Waals surface area (Å²) in [5, 5.41) is 6.59. The zero-order valence-corrected chi connectivity index (χ0v) is 13.9. The molecule has 0 saturated carbocycles. The molecule has 2 N–H and O–H groups in total. The average Bonchev–Trinajstić information content (AvgIpc) is 2.34. The van der Waals surface area contributed by atoms with E-state index in [9.17, 15) is 4.21 Å². The van der Waals surface area contributed by atoms with Crippen molar-refractivity contribution in [3.05, 3.63) is 11.9 Å². The molecule has 0 aliphatic rings. The molecular formula is C14H26N4OS. The highest BCUT2D eigenvalue weighted by Crippen LogP contribution is 2.17. The molecule has 1 aromatic rings. The fraction of sp³-hybridized carbons (Fsp3) is 0.714. The minimum atomic E-state index is -0.815. The van der Waals surface area contributed by atoms with Crippen LogP contribution in [0, 0.1) is 0 Å². The lowest BCUT2D eigenvalue weighted by atomic mass is 10.2. The molecule has 0 fully saturated rings. The zero-order valence-electron chi connectivity index (χ0n) is 13.1. The Labute approximate surface area is 124 Å². The number of aromatic nitrogens is 2. The smallest absolute Gasteiger partial charge is 0.135 e. The molecule has 0 aromatic carbocycles. The first-order valence-electron chi connectivity index (χ1n) is 7.11. The van der Waals surface area contributed by atoms with Crippen LogP contribution in [0.2, 0.25) is 0 Å². The van der Waals surface area contributed by atoms with E-state index in [2.05, 4.69) is 41.4 Å². The van der Waals surface area contributed by atoms with Crippen LogP contribution in [0.3, 0.4) is 0 Å². The molecule has 0 amide bonds. The monoisotopic (exact) mass is 298 g/mol. The van der Waals surface area contributed by atoms with Gasteiger partial charge in [-0.1, -0.05) is 20.8 Å². The summed E-state index contributed by atoms with van der Waals surface area (Å²) in [6.45, 7) is 9.18. The highest BCUT2D eigenvalue weighted by molar-refractivity contribution is 7.84. The third kappa shape index (κ3) is 5.86. The van der Waals surface area contributed by atoms with Crippen LogP contribution in [-0.4, -0.2) is 38.8 Å². The Morgan fingerprint density at radius 1 is 1.25 bits per heavy atom. The maximum atomic E-state index is 11.3. The van der Waals surface area contributed by atoms with E-state index in [1.807, 2.05) is 13.0 Å². The van der Waals surface area contributed by atoms with Crippen molar-refractivity contribution in [1.29, 1.82) is 0 Å². The van der Waals surface area contributed by atoms with Crippen LogP contribution in [0.4, 0.5) is 11.6 Å². The predicted octanol–water partition coefficient (Wildman–Crippen LogP) is 2.60. The number of nitrogens with zero attached hydrogens (tertiary/aromatic N) is 2. The standard InChI is InChI=1S/C14H26N4OS/c1-6-7-15-12-8-13(16-11(4)9-20(5)19)18-14(17-12)10(2)3/h8,10-11H,6-7,9H2,1-5H3,(H2,15,16,17,18). The van der Waals surface area contributed by atoms with E-state index in [0.717, 1.165) is 30.4 Å². The first-order valence-corrected chi connectivity index (χ1v) is 8.84. The molecule has 6 heteroatoms. The SMILES string of the molecule is CCCNc1cc(NC(C)CS(C)=O)nc(C(C)C)n1. The first-order chi connectivity index (χ1) is 9.42. The van der Waals surface area contributed by atoms with Crippen LogP contribution in [-0.2, 0) is 10.8 Å². The van der Waals surface area contributed by atoms with E-state index in [4.69, 9.17) is 0 Å². The summed E-state index contributed by atoms with van der Waals surface area (Å²) in [5.41, 5.74) is 0. The van der Waals surface area contributed by atoms with Gasteiger partial charge in [-0.05, 0) is 13.3 Å². The molecule has 2 unspecified atom stereocenters. The molecule has 0 radical (unpaired) electrons. The molecule has 114 valence electrons. The minimum absolute atomic E-state index is 0.120. The Balaban J connectivity index is 2.87. The largest absolute Gasteiger partial charge is 0.370 e. The summed E-state index contributed by atoms with van der Waals surface area (Å²) in [4.78, 5) is 9.04. The summed E-state index contributed by atoms with van der Waals surface area (Å²) in [5.74, 6) is 3.34. The van der Waals surface area contributed by atoms with Gasteiger partial charge in [0.25, 0.3) is 0 Å². The number of hydrogen-bond donors (Lipinski definition) is 2. The van der Waals surface area contributed by atoms with E-state index < -0.39 is 10.8 Å². The van der Waals surface area contributed by atoms with Gasteiger partial charge in [0.15, 0.2) is 0 Å². The van der Waals surface area contributed by atoms with Crippen LogP contribution < -0.4 is 10.6 Å². The van der Waals surface area contributed by atoms with E-state index >= 15 is 0 Å². The third-order valence-corrected chi connectivity index (χ3v) is 3.66. The van der Waals surface area contributed by atoms with Gasteiger partial charge in [-0.3, -0.25) is 4.21 Å². The van der Waals surface area contributed by atoms with E-state index in [-0.39, 0.29) is 12.0 Å². The van der Waals surface area contributed by atoms with Gasteiger partial charge >= 0.3 is 0 Å². The minimum Gasteiger partial charge on any atom is -0.370 e. The third-order valence-electron chi connectivity index (χ3n) is 2.69. The predicted molar refractivity (Wildman–Crippen MR) is 86.9 cm³/mol. The average molecular weight is 298 g/mol. The molecule has 5 nitrogen and oxygen atoms in total. The lowest BCUT2D eigenvalue weighted by Crippen LogP contribution is -2.23. The summed E-state index contributed by atoms with van der Waals surface area (Å²) in [6, 6.07) is 2.03. The molecular weight excluding hydrogens is 272 g/mol. The lowest BCUT2D eigenvalue weighted by Gasteiger charge is -2.16. The lowest BCUT2D eigenvalue weighted by molar-refractivity contribution is 0.682. The second-order valence-electron chi connectivity index (χ2n) is 5.36. The quantitative estimate of drug-likeness (QED) is 0.772. The van der Waals surface area contributed by atoms with Crippen molar-refractivity contribution in [3.63, 3.8) is 0 Å². The molecule has 2 atom stereocenters. The second-order valence-corrected chi connectivity index (χ2v) is 6.84. The van der Waals surface area contributed by atoms with Gasteiger partial charge in [0.1, 0.15) is 17.5 Å². The summed E-state index contributed by atoms with van der Waals surface area (Å²) in [7, 11) is -0.815. The maximum Gasteiger partial charge on any atom is 0.135 e. The Hall–Kier alpha value is -1.17. The molecule has 0 bridgehead atoms. The van der Waals surface area contributed by atoms with Crippen molar-refractivity contribution in [2.75, 3.05) is 29.2 Å². The fourth-order valence-electron chi connectivity index (χ4n) is 1.79. The number of rotatable bonds is 8. The van der Waals surface area contributed by atoms with Gasteiger partial charge in [-0.25, -0.2) is 9.97 Å². The topological polar surface area (TPSA) is 66.9 Å². The molecule has 0 aliphatic heterocycles. The van der Waals surface area contributed by atoms with Crippen molar-refractivity contribution in [1.82, 2.24) is 9.97 Å². The van der Waals surface area contributed by atoms with Crippen molar-refractivity contribution in [2.24, 2.45) is 0 Å². The molecule has 0 aliphatic carbocycles. The highest BCUT2D eigenvalue weighted by atomic mass is 32.2. The Kier molecular flexibility index (Phi) is 6.91. The highest BCUT2D eigenvalue weighted by Gasteiger charge is 2.10. The van der Waals surface area contributed by atoms with Crippen molar-refractivity contribution in [2.45, 2.75) is 46.1 Å². The molecule has 0 spiro atoms. The first kappa shape index (κ1) is 16.9. The number of anilines is 2. The van der Waals surface area contributed by atoms with Gasteiger partial charge in [0, 0.05) is 47.4 Å². The van der Waals surface area contributed by atoms with Crippen molar-refractivity contribution in [3.8, 4) is 0 Å². The van der Waals surface area contributed by atoms with Crippen LogP contribution in [0.15, 0.2) is 6.07 Å². The van der Waals surface area contributed by atoms with E-state index in [1.54, 1.807) is 6.26 Å². The Morgan fingerprint density at radius 2 is 1.90 bits per heavy atom. The molecule has 0 saturated heterocycles. The molecule has 1 heterocycles. The van der Waals surface area contributed by atoms with Crippen LogP contribution in [0.25, 0.3) is 0 Å². The summed E-state index contributed by atoms with van der Waals surface area (Å²) >= 11 is 0. The van der Waals surface area contributed by atoms with Gasteiger partial charge < -0.3 is 10.6 Å². The van der Waals surface area contributed by atoms with Crippen LogP contribution in [0.1, 0.15) is 45.9 Å². The van der Waals surface area contributed by atoms with Crippen molar-refractivity contribution >= 4 is 22.4 Å². The summed E-state index contributed by atoms with van der Waals surface area (Å²) < 4.78 is 11.3. The van der Waals surface area contributed by atoms with Gasteiger partial charge in [-0.15, -0.1) is 0 Å². The zero-order chi connectivity index (χ0) is 15.1. The Morgan fingerprint density at radius 3 is 2.45 bits per heavy atom. The van der Waals surface area contributed by atoms with E-state index in [1.165, 1.54) is 0 Å². The van der Waals surface area contributed by atoms with E-state index in [0.29, 0.717) is 5.75 Å². The second kappa shape index (κ2) is 8.19. The number of nitrogens with one attached hydrogen (secondary N) is 2. The van der Waals surface area contributed by atoms with Gasteiger partial charge in [0.2, 0.25) is 0 Å². The fourth-order valence-corrected chi connectivity index (χ4v) is 2.58.